The van der Waals surface area contributed by atoms with Crippen LogP contribution in [-0.2, 0) is 5.11 Å². The van der Waals surface area contributed by atoms with E-state index in [0.717, 1.165) is 12.3 Å². The van der Waals surface area contributed by atoms with E-state index in [1.807, 2.05) is 13.8 Å². The van der Waals surface area contributed by atoms with Crippen molar-refractivity contribution in [1.29, 1.82) is 0 Å². The molecule has 0 unspecified atom stereocenters. The predicted octanol–water partition coefficient (Wildman–Crippen LogP) is 2.88. The summed E-state index contributed by atoms with van der Waals surface area (Å²) in [6, 6.07) is 0. The summed E-state index contributed by atoms with van der Waals surface area (Å²) in [7, 11) is 0. The number of hydrogen-bond acceptors (Lipinski definition) is 0. The van der Waals surface area contributed by atoms with Gasteiger partial charge >= 0.3 is 0 Å². The Morgan fingerprint density at radius 3 is 2.10 bits per heavy atom. The molecule has 0 aliphatic heterocycles. The van der Waals surface area contributed by atoms with Crippen LogP contribution in [0.1, 0.15) is 40.5 Å². The van der Waals surface area contributed by atoms with Gasteiger partial charge in [0, 0.05) is 0 Å². The second-order valence-corrected chi connectivity index (χ2v) is 4.24. The predicted molar refractivity (Wildman–Crippen MR) is 43.4 cm³/mol. The van der Waals surface area contributed by atoms with E-state index in [4.69, 9.17) is 0 Å². The summed E-state index contributed by atoms with van der Waals surface area (Å²) in [5, 5.41) is 10.6. The minimum Gasteiger partial charge on any atom is -0.236 e. The highest BCUT2D eigenvalue weighted by Crippen LogP contribution is 2.23. The van der Waals surface area contributed by atoms with E-state index >= 15 is 0 Å². The van der Waals surface area contributed by atoms with Crippen molar-refractivity contribution < 1.29 is 5.11 Å². The molecule has 0 saturated heterocycles. The van der Waals surface area contributed by atoms with Crippen molar-refractivity contribution in [3.05, 3.63) is 0 Å². The first kappa shape index (κ1) is 9.96. The van der Waals surface area contributed by atoms with Gasteiger partial charge in [-0.25, -0.2) is 5.11 Å². The molecule has 1 heteroatoms. The van der Waals surface area contributed by atoms with Crippen molar-refractivity contribution in [3.8, 4) is 0 Å². The fourth-order valence-corrected chi connectivity index (χ4v) is 0.752. The second kappa shape index (κ2) is 3.97. The van der Waals surface area contributed by atoms with Crippen molar-refractivity contribution in [2.24, 2.45) is 11.3 Å². The van der Waals surface area contributed by atoms with Gasteiger partial charge in [0.2, 0.25) is 0 Å². The van der Waals surface area contributed by atoms with Gasteiger partial charge in [-0.15, -0.1) is 0 Å². The molecule has 0 aromatic rings. The van der Waals surface area contributed by atoms with E-state index in [1.165, 1.54) is 6.42 Å². The fraction of sp³-hybridized carbons (Fsp3) is 1.00. The van der Waals surface area contributed by atoms with Crippen molar-refractivity contribution in [1.82, 2.24) is 0 Å². The standard InChI is InChI=1S/C9H19O/c1-8(2)5-6-9(3,4)7-10/h8H,5-7H2,1-4H3. The van der Waals surface area contributed by atoms with Crippen LogP contribution in [0.4, 0.5) is 0 Å². The Balaban J connectivity index is 3.46. The summed E-state index contributed by atoms with van der Waals surface area (Å²) in [5.74, 6) is 0.728. The van der Waals surface area contributed by atoms with Crippen LogP contribution in [0.15, 0.2) is 0 Å². The number of hydrogen-bond donors (Lipinski definition) is 0. The quantitative estimate of drug-likeness (QED) is 0.576. The highest BCUT2D eigenvalue weighted by atomic mass is 16.3. The summed E-state index contributed by atoms with van der Waals surface area (Å²) < 4.78 is 0. The van der Waals surface area contributed by atoms with Gasteiger partial charge < -0.3 is 0 Å². The Labute approximate surface area is 64.5 Å². The normalized spacial score (nSPS) is 12.6. The topological polar surface area (TPSA) is 19.9 Å². The molecular formula is C9H19O. The molecular weight excluding hydrogens is 124 g/mol. The first-order valence-electron chi connectivity index (χ1n) is 4.06. The molecule has 0 bridgehead atoms. The van der Waals surface area contributed by atoms with Crippen LogP contribution < -0.4 is 0 Å². The Kier molecular flexibility index (Phi) is 3.95. The van der Waals surface area contributed by atoms with E-state index in [-0.39, 0.29) is 12.0 Å². The second-order valence-electron chi connectivity index (χ2n) is 4.24. The SMILES string of the molecule is CC(C)CCC(C)(C)C[O]. The van der Waals surface area contributed by atoms with Gasteiger partial charge in [0.15, 0.2) is 0 Å². The third-order valence-corrected chi connectivity index (χ3v) is 1.79. The lowest BCUT2D eigenvalue weighted by atomic mass is 9.86. The molecule has 0 spiro atoms. The molecule has 0 fully saturated rings. The van der Waals surface area contributed by atoms with Gasteiger partial charge in [0.25, 0.3) is 0 Å². The van der Waals surface area contributed by atoms with Crippen molar-refractivity contribution in [2.45, 2.75) is 40.5 Å². The third kappa shape index (κ3) is 4.80. The van der Waals surface area contributed by atoms with Gasteiger partial charge in [0.1, 0.15) is 0 Å². The average molecular weight is 143 g/mol. The molecule has 0 saturated carbocycles. The molecule has 0 N–H and O–H groups in total. The third-order valence-electron chi connectivity index (χ3n) is 1.79. The minimum absolute atomic E-state index is 0.0181. The van der Waals surface area contributed by atoms with E-state index in [1.54, 1.807) is 0 Å². The number of rotatable bonds is 4. The van der Waals surface area contributed by atoms with Crippen LogP contribution in [0.2, 0.25) is 0 Å². The van der Waals surface area contributed by atoms with Crippen LogP contribution in [0.3, 0.4) is 0 Å². The molecule has 61 valence electrons. The Bertz CT molecular complexity index is 84.7. The maximum Gasteiger partial charge on any atom is 0.0873 e. The van der Waals surface area contributed by atoms with Crippen LogP contribution >= 0.6 is 0 Å². The van der Waals surface area contributed by atoms with Gasteiger partial charge in [-0.3, -0.25) is 0 Å². The molecule has 0 aliphatic carbocycles. The lowest BCUT2D eigenvalue weighted by Crippen LogP contribution is -2.16. The zero-order valence-electron chi connectivity index (χ0n) is 7.61. The Hall–Kier alpha value is -0.0400. The van der Waals surface area contributed by atoms with Gasteiger partial charge in [0.05, 0.1) is 6.61 Å². The molecule has 0 aliphatic rings. The molecule has 0 aromatic carbocycles. The zero-order chi connectivity index (χ0) is 8.20. The average Bonchev–Trinajstić information content (AvgIpc) is 1.85. The molecule has 10 heavy (non-hydrogen) atoms. The molecule has 0 amide bonds. The van der Waals surface area contributed by atoms with E-state index in [0.29, 0.717) is 0 Å². The highest BCUT2D eigenvalue weighted by molar-refractivity contribution is 4.66. The lowest BCUT2D eigenvalue weighted by Gasteiger charge is -2.21. The van der Waals surface area contributed by atoms with Crippen molar-refractivity contribution in [2.75, 3.05) is 6.61 Å². The Morgan fingerprint density at radius 2 is 1.80 bits per heavy atom. The van der Waals surface area contributed by atoms with Gasteiger partial charge in [-0.05, 0) is 17.8 Å². The van der Waals surface area contributed by atoms with Crippen LogP contribution in [0.25, 0.3) is 0 Å². The molecule has 0 aromatic heterocycles. The summed E-state index contributed by atoms with van der Waals surface area (Å²) in [5.41, 5.74) is 0.0181. The maximum absolute atomic E-state index is 10.6. The monoisotopic (exact) mass is 143 g/mol. The largest absolute Gasteiger partial charge is 0.236 e. The van der Waals surface area contributed by atoms with E-state index in [2.05, 4.69) is 13.8 Å². The van der Waals surface area contributed by atoms with Crippen LogP contribution in [0.5, 0.6) is 0 Å². The van der Waals surface area contributed by atoms with Crippen LogP contribution in [-0.4, -0.2) is 6.61 Å². The smallest absolute Gasteiger partial charge is 0.0873 e. The van der Waals surface area contributed by atoms with Crippen LogP contribution in [0, 0.1) is 11.3 Å². The summed E-state index contributed by atoms with van der Waals surface area (Å²) in [4.78, 5) is 0. The summed E-state index contributed by atoms with van der Waals surface area (Å²) >= 11 is 0. The fourth-order valence-electron chi connectivity index (χ4n) is 0.752. The van der Waals surface area contributed by atoms with Crippen molar-refractivity contribution in [3.63, 3.8) is 0 Å². The summed E-state index contributed by atoms with van der Waals surface area (Å²) in [6.07, 6.45) is 2.24. The Morgan fingerprint density at radius 1 is 1.30 bits per heavy atom. The molecule has 0 heterocycles. The highest BCUT2D eigenvalue weighted by Gasteiger charge is 2.16. The lowest BCUT2D eigenvalue weighted by molar-refractivity contribution is 0.0830. The molecule has 1 nitrogen and oxygen atoms in total. The molecule has 1 radical (unpaired) electrons. The van der Waals surface area contributed by atoms with Crippen molar-refractivity contribution >= 4 is 0 Å². The van der Waals surface area contributed by atoms with Gasteiger partial charge in [-0.1, -0.05) is 34.1 Å². The zero-order valence-corrected chi connectivity index (χ0v) is 7.61. The molecule has 0 atom stereocenters. The van der Waals surface area contributed by atoms with E-state index in [9.17, 15) is 5.11 Å². The summed E-state index contributed by atoms with van der Waals surface area (Å²) in [6.45, 7) is 8.53. The van der Waals surface area contributed by atoms with Gasteiger partial charge in [-0.2, -0.15) is 0 Å². The minimum atomic E-state index is 0.0181. The van der Waals surface area contributed by atoms with E-state index < -0.39 is 0 Å². The maximum atomic E-state index is 10.6. The first-order chi connectivity index (χ1) is 4.48. The first-order valence-corrected chi connectivity index (χ1v) is 4.06. The molecule has 0 rings (SSSR count).